The third-order valence-corrected chi connectivity index (χ3v) is 5.34. The molecule has 1 aliphatic heterocycles. The number of nitrogens with one attached hydrogen (secondary N) is 1. The minimum atomic E-state index is -0.237. The van der Waals surface area contributed by atoms with E-state index in [0.717, 1.165) is 18.7 Å². The van der Waals surface area contributed by atoms with Crippen LogP contribution in [0.4, 0.5) is 11.4 Å². The lowest BCUT2D eigenvalue weighted by Crippen LogP contribution is -2.39. The second-order valence-corrected chi connectivity index (χ2v) is 7.05. The maximum atomic E-state index is 12.9. The highest BCUT2D eigenvalue weighted by Gasteiger charge is 2.22. The van der Waals surface area contributed by atoms with Gasteiger partial charge in [-0.3, -0.25) is 9.78 Å². The number of amides is 1. The number of methoxy groups -OCH3 is 3. The Morgan fingerprint density at radius 1 is 1.10 bits per heavy atom. The van der Waals surface area contributed by atoms with Gasteiger partial charge in [0.1, 0.15) is 0 Å². The molecule has 1 unspecified atom stereocenters. The summed E-state index contributed by atoms with van der Waals surface area (Å²) in [5.74, 6) is 1.20. The zero-order valence-corrected chi connectivity index (χ0v) is 17.5. The smallest absolute Gasteiger partial charge is 0.257 e. The van der Waals surface area contributed by atoms with E-state index in [1.807, 2.05) is 12.3 Å². The first kappa shape index (κ1) is 20.8. The third kappa shape index (κ3) is 4.55. The van der Waals surface area contributed by atoms with Crippen LogP contribution in [0, 0.1) is 0 Å². The van der Waals surface area contributed by atoms with Crippen molar-refractivity contribution in [1.29, 1.82) is 0 Å². The molecule has 0 spiro atoms. The second kappa shape index (κ2) is 9.49. The number of benzene rings is 1. The van der Waals surface area contributed by atoms with Gasteiger partial charge in [0.25, 0.3) is 5.91 Å². The number of nitrogens with zero attached hydrogens (tertiary/aromatic N) is 2. The van der Waals surface area contributed by atoms with Crippen LogP contribution in [0.2, 0.25) is 0 Å². The van der Waals surface area contributed by atoms with Gasteiger partial charge < -0.3 is 24.4 Å². The lowest BCUT2D eigenvalue weighted by Gasteiger charge is -2.37. The van der Waals surface area contributed by atoms with Crippen molar-refractivity contribution >= 4 is 17.3 Å². The highest BCUT2D eigenvalue weighted by molar-refractivity contribution is 6.04. The van der Waals surface area contributed by atoms with Crippen LogP contribution in [-0.4, -0.2) is 44.8 Å². The molecule has 2 heterocycles. The fourth-order valence-corrected chi connectivity index (χ4v) is 3.83. The van der Waals surface area contributed by atoms with E-state index in [1.54, 1.807) is 39.7 Å². The van der Waals surface area contributed by atoms with Crippen molar-refractivity contribution in [3.05, 3.63) is 36.2 Å². The van der Waals surface area contributed by atoms with E-state index in [2.05, 4.69) is 22.1 Å². The van der Waals surface area contributed by atoms with Crippen LogP contribution in [0.5, 0.6) is 17.2 Å². The average Bonchev–Trinajstić information content (AvgIpc) is 2.78. The molecular weight excluding hydrogens is 370 g/mol. The predicted molar refractivity (Wildman–Crippen MR) is 114 cm³/mol. The van der Waals surface area contributed by atoms with Gasteiger partial charge in [0.05, 0.1) is 38.8 Å². The summed E-state index contributed by atoms with van der Waals surface area (Å²) < 4.78 is 16.0. The van der Waals surface area contributed by atoms with Gasteiger partial charge in [-0.05, 0) is 31.7 Å². The van der Waals surface area contributed by atoms with Crippen molar-refractivity contribution in [3.63, 3.8) is 0 Å². The van der Waals surface area contributed by atoms with Gasteiger partial charge in [-0.1, -0.05) is 6.92 Å². The summed E-state index contributed by atoms with van der Waals surface area (Å²) in [6, 6.07) is 5.82. The maximum absolute atomic E-state index is 12.9. The number of ether oxygens (including phenoxy) is 3. The number of anilines is 2. The molecule has 1 aliphatic rings. The lowest BCUT2D eigenvalue weighted by atomic mass is 9.99. The molecule has 1 N–H and O–H groups in total. The molecule has 0 bridgehead atoms. The number of carbonyl (C=O) groups is 1. The maximum Gasteiger partial charge on any atom is 0.257 e. The van der Waals surface area contributed by atoms with Crippen LogP contribution in [0.3, 0.4) is 0 Å². The summed E-state index contributed by atoms with van der Waals surface area (Å²) in [6.07, 6.45) is 8.11. The predicted octanol–water partition coefficient (Wildman–Crippen LogP) is 4.13. The Balaban J connectivity index is 1.83. The zero-order chi connectivity index (χ0) is 20.8. The molecule has 0 radical (unpaired) electrons. The Labute approximate surface area is 172 Å². The summed E-state index contributed by atoms with van der Waals surface area (Å²) in [5, 5.41) is 2.90. The summed E-state index contributed by atoms with van der Waals surface area (Å²) in [5.41, 5.74) is 2.06. The quantitative estimate of drug-likeness (QED) is 0.755. The van der Waals surface area contributed by atoms with E-state index >= 15 is 0 Å². The SMILES string of the molecule is CCC1CCCCN1c1cncc(C(=O)Nc2cc(OC)c(OC)c(OC)c2)c1. The van der Waals surface area contributed by atoms with E-state index in [0.29, 0.717) is 34.5 Å². The van der Waals surface area contributed by atoms with Crippen molar-refractivity contribution < 1.29 is 19.0 Å². The van der Waals surface area contributed by atoms with Crippen LogP contribution >= 0.6 is 0 Å². The first-order valence-corrected chi connectivity index (χ1v) is 9.94. The van der Waals surface area contributed by atoms with Crippen LogP contribution in [0.15, 0.2) is 30.6 Å². The topological polar surface area (TPSA) is 72.9 Å². The van der Waals surface area contributed by atoms with Crippen molar-refractivity contribution in [3.8, 4) is 17.2 Å². The van der Waals surface area contributed by atoms with Crippen molar-refractivity contribution in [2.75, 3.05) is 38.1 Å². The van der Waals surface area contributed by atoms with E-state index < -0.39 is 0 Å². The molecule has 0 saturated carbocycles. The molecule has 1 fully saturated rings. The largest absolute Gasteiger partial charge is 0.493 e. The number of aromatic nitrogens is 1. The molecule has 1 amide bonds. The van der Waals surface area contributed by atoms with Gasteiger partial charge in [0.2, 0.25) is 5.75 Å². The normalized spacial score (nSPS) is 16.3. The van der Waals surface area contributed by atoms with Crippen molar-refractivity contribution in [1.82, 2.24) is 4.98 Å². The van der Waals surface area contributed by atoms with E-state index in [-0.39, 0.29) is 5.91 Å². The molecule has 0 aliphatic carbocycles. The molecule has 156 valence electrons. The number of rotatable bonds is 7. The van der Waals surface area contributed by atoms with Gasteiger partial charge in [0, 0.05) is 36.6 Å². The number of piperidine rings is 1. The van der Waals surface area contributed by atoms with Gasteiger partial charge in [-0.15, -0.1) is 0 Å². The number of hydrogen-bond donors (Lipinski definition) is 1. The Morgan fingerprint density at radius 2 is 1.83 bits per heavy atom. The van der Waals surface area contributed by atoms with Crippen LogP contribution in [0.25, 0.3) is 0 Å². The van der Waals surface area contributed by atoms with Crippen molar-refractivity contribution in [2.24, 2.45) is 0 Å². The fraction of sp³-hybridized carbons (Fsp3) is 0.455. The van der Waals surface area contributed by atoms with E-state index in [1.165, 1.54) is 19.3 Å². The minimum absolute atomic E-state index is 0.237. The molecule has 7 nitrogen and oxygen atoms in total. The van der Waals surface area contributed by atoms with E-state index in [9.17, 15) is 4.79 Å². The summed E-state index contributed by atoms with van der Waals surface area (Å²) in [6.45, 7) is 3.20. The van der Waals surface area contributed by atoms with Gasteiger partial charge in [0.15, 0.2) is 11.5 Å². The first-order valence-electron chi connectivity index (χ1n) is 9.94. The molecule has 1 aromatic carbocycles. The fourth-order valence-electron chi connectivity index (χ4n) is 3.83. The molecule has 1 atom stereocenters. The standard InChI is InChI=1S/C22H29N3O4/c1-5-17-8-6-7-9-25(17)18-10-15(13-23-14-18)22(26)24-16-11-19(27-2)21(29-4)20(12-16)28-3/h10-14,17H,5-9H2,1-4H3,(H,24,26). The van der Waals surface area contributed by atoms with Gasteiger partial charge >= 0.3 is 0 Å². The Bertz CT molecular complexity index is 831. The molecule has 29 heavy (non-hydrogen) atoms. The third-order valence-electron chi connectivity index (χ3n) is 5.34. The van der Waals surface area contributed by atoms with Crippen LogP contribution < -0.4 is 24.4 Å². The number of carbonyl (C=O) groups excluding carboxylic acids is 1. The molecule has 1 aromatic heterocycles. The number of pyridine rings is 1. The highest BCUT2D eigenvalue weighted by Crippen LogP contribution is 2.40. The van der Waals surface area contributed by atoms with Crippen LogP contribution in [-0.2, 0) is 0 Å². The average molecular weight is 399 g/mol. The Hall–Kier alpha value is -2.96. The monoisotopic (exact) mass is 399 g/mol. The van der Waals surface area contributed by atoms with Gasteiger partial charge in [-0.25, -0.2) is 0 Å². The minimum Gasteiger partial charge on any atom is -0.493 e. The zero-order valence-electron chi connectivity index (χ0n) is 17.5. The molecular formula is C22H29N3O4. The summed E-state index contributed by atoms with van der Waals surface area (Å²) in [4.78, 5) is 19.6. The van der Waals surface area contributed by atoms with Gasteiger partial charge in [-0.2, -0.15) is 0 Å². The summed E-state index contributed by atoms with van der Waals surface area (Å²) >= 11 is 0. The molecule has 7 heteroatoms. The van der Waals surface area contributed by atoms with Crippen LogP contribution in [0.1, 0.15) is 43.0 Å². The second-order valence-electron chi connectivity index (χ2n) is 7.05. The first-order chi connectivity index (χ1) is 14.1. The summed E-state index contributed by atoms with van der Waals surface area (Å²) in [7, 11) is 4.62. The van der Waals surface area contributed by atoms with Crippen molar-refractivity contribution in [2.45, 2.75) is 38.6 Å². The highest BCUT2D eigenvalue weighted by atomic mass is 16.5. The molecule has 1 saturated heterocycles. The molecule has 3 rings (SSSR count). The molecule has 2 aromatic rings. The van der Waals surface area contributed by atoms with E-state index in [4.69, 9.17) is 14.2 Å². The Morgan fingerprint density at radius 3 is 2.45 bits per heavy atom. The Kier molecular flexibility index (Phi) is 6.80. The number of hydrogen-bond acceptors (Lipinski definition) is 6. The lowest BCUT2D eigenvalue weighted by molar-refractivity contribution is 0.102.